The summed E-state index contributed by atoms with van der Waals surface area (Å²) in [6, 6.07) is 0. The molecule has 1 rings (SSSR count). The molecular weight excluding hydrogens is 179 g/mol. The third-order valence-electron chi connectivity index (χ3n) is 1.40. The number of hydrogen-bond acceptors (Lipinski definition) is 2. The van der Waals surface area contributed by atoms with E-state index in [0.29, 0.717) is 0 Å². The molecule has 0 aromatic heterocycles. The molecular formula is C8H16KN2O-. The summed E-state index contributed by atoms with van der Waals surface area (Å²) in [5.74, 6) is 0.392. The molecule has 0 spiro atoms. The van der Waals surface area contributed by atoms with Gasteiger partial charge in [-0.15, -0.1) is 0 Å². The van der Waals surface area contributed by atoms with Crippen LogP contribution in [0.3, 0.4) is 0 Å². The van der Waals surface area contributed by atoms with Crippen LogP contribution in [0.4, 0.5) is 0 Å². The fourth-order valence-corrected chi connectivity index (χ4v) is 0.678. The first-order valence-corrected chi connectivity index (χ1v) is 3.17. The zero-order valence-electron chi connectivity index (χ0n) is 8.18. The molecule has 0 unspecified atom stereocenters. The van der Waals surface area contributed by atoms with Crippen molar-refractivity contribution in [3.8, 4) is 0 Å². The summed E-state index contributed by atoms with van der Waals surface area (Å²) in [5.41, 5.74) is 0. The topological polar surface area (TPSA) is 41.1 Å². The Labute approximate surface area is 118 Å². The van der Waals surface area contributed by atoms with E-state index in [-0.39, 0.29) is 70.6 Å². The Morgan fingerprint density at radius 1 is 1.58 bits per heavy atom. The fourth-order valence-electron chi connectivity index (χ4n) is 0.678. The molecule has 0 saturated carbocycles. The summed E-state index contributed by atoms with van der Waals surface area (Å²) >= 11 is 0. The Morgan fingerprint density at radius 2 is 2.00 bits per heavy atom. The predicted molar refractivity (Wildman–Crippen MR) is 46.8 cm³/mol. The molecule has 1 fully saturated rings. The van der Waals surface area contributed by atoms with E-state index in [2.05, 4.69) is 23.8 Å². The van der Waals surface area contributed by atoms with Crippen LogP contribution in [0.2, 0.25) is 0 Å². The third kappa shape index (κ3) is 6.34. The summed E-state index contributed by atoms with van der Waals surface area (Å²) in [6.45, 7) is 8.69. The Bertz CT molecular complexity index is 116. The van der Waals surface area contributed by atoms with Crippen molar-refractivity contribution in [2.24, 2.45) is 5.92 Å². The minimum atomic E-state index is 0. The molecule has 0 atom stereocenters. The number of carbonyl (C=O) groups excluding carboxylic acids is 1. The number of carbonyl (C=O) groups is 1. The Balaban J connectivity index is -0.000000189. The van der Waals surface area contributed by atoms with Crippen LogP contribution in [0.25, 0.3) is 0 Å². The maximum atomic E-state index is 10.6. The summed E-state index contributed by atoms with van der Waals surface area (Å²) in [7, 11) is 1.67. The van der Waals surface area contributed by atoms with Crippen LogP contribution in [-0.2, 0) is 4.79 Å². The molecule has 0 radical (unpaired) electrons. The van der Waals surface area contributed by atoms with Gasteiger partial charge in [-0.1, -0.05) is 0 Å². The Hall–Kier alpha value is 0.806. The van der Waals surface area contributed by atoms with Crippen molar-refractivity contribution in [1.82, 2.24) is 10.6 Å². The van der Waals surface area contributed by atoms with Crippen LogP contribution in [0, 0.1) is 19.9 Å². The second-order valence-electron chi connectivity index (χ2n) is 1.97. The minimum absolute atomic E-state index is 0. The monoisotopic (exact) mass is 195 g/mol. The Morgan fingerprint density at radius 3 is 2.08 bits per heavy atom. The van der Waals surface area contributed by atoms with Crippen molar-refractivity contribution in [2.45, 2.75) is 0 Å². The van der Waals surface area contributed by atoms with Gasteiger partial charge in [0, 0.05) is 20.1 Å². The first-order chi connectivity index (χ1) is 4.84. The number of nitrogens with one attached hydrogen (secondary N) is 2. The molecule has 1 amide bonds. The molecule has 0 aromatic rings. The van der Waals surface area contributed by atoms with Crippen LogP contribution >= 0.6 is 0 Å². The van der Waals surface area contributed by atoms with Gasteiger partial charge in [-0.05, 0) is 0 Å². The van der Waals surface area contributed by atoms with Gasteiger partial charge in [0.15, 0.2) is 0 Å². The largest absolute Gasteiger partial charge is 1.00 e. The maximum Gasteiger partial charge on any atom is 1.00 e. The SMILES string of the molecule is CNC(=O)C1CNC1.[CH-]=C.[CH3-].[K+]. The summed E-state index contributed by atoms with van der Waals surface area (Å²) < 4.78 is 0. The molecule has 3 nitrogen and oxygen atoms in total. The first-order valence-electron chi connectivity index (χ1n) is 3.17. The second kappa shape index (κ2) is 11.8. The van der Waals surface area contributed by atoms with Crippen LogP contribution < -0.4 is 62.0 Å². The first kappa shape index (κ1) is 18.6. The number of amides is 1. The predicted octanol–water partition coefficient (Wildman–Crippen LogP) is -2.99. The molecule has 0 aliphatic carbocycles. The average Bonchev–Trinajstić information content (AvgIpc) is 1.89. The molecule has 12 heavy (non-hydrogen) atoms. The van der Waals surface area contributed by atoms with Crippen molar-refractivity contribution in [3.05, 3.63) is 20.6 Å². The van der Waals surface area contributed by atoms with E-state index in [1.807, 2.05) is 0 Å². The third-order valence-corrected chi connectivity index (χ3v) is 1.40. The van der Waals surface area contributed by atoms with Gasteiger partial charge < -0.3 is 24.6 Å². The van der Waals surface area contributed by atoms with Gasteiger partial charge >= 0.3 is 51.4 Å². The molecule has 1 aliphatic rings. The van der Waals surface area contributed by atoms with Crippen LogP contribution in [0.1, 0.15) is 0 Å². The number of rotatable bonds is 1. The molecule has 1 saturated heterocycles. The summed E-state index contributed by atoms with van der Waals surface area (Å²) in [6.07, 6.45) is 0. The molecule has 1 heterocycles. The summed E-state index contributed by atoms with van der Waals surface area (Å²) in [4.78, 5) is 10.6. The quantitative estimate of drug-likeness (QED) is 0.346. The van der Waals surface area contributed by atoms with E-state index in [1.54, 1.807) is 7.05 Å². The average molecular weight is 195 g/mol. The van der Waals surface area contributed by atoms with Gasteiger partial charge in [0.05, 0.1) is 5.92 Å². The Kier molecular flexibility index (Phi) is 18.3. The number of hydrogen-bond donors (Lipinski definition) is 2. The standard InChI is InChI=1S/C5H10N2O.C2H3.CH3.K/c1-6-5(8)4-2-7-3-4;1-2;;/h4,7H,2-3H2,1H3,(H,6,8);1H,2H2;1H3;/q;2*-1;+1. The normalized spacial score (nSPS) is 13.4. The van der Waals surface area contributed by atoms with Crippen LogP contribution in [0.15, 0.2) is 6.58 Å². The maximum absolute atomic E-state index is 10.6. The fraction of sp³-hybridized carbons (Fsp3) is 0.500. The molecule has 2 N–H and O–H groups in total. The summed E-state index contributed by atoms with van der Waals surface area (Å²) in [5, 5.41) is 5.60. The zero-order chi connectivity index (χ0) is 7.98. The van der Waals surface area contributed by atoms with Crippen LogP contribution in [0.5, 0.6) is 0 Å². The van der Waals surface area contributed by atoms with Gasteiger partial charge in [-0.25, -0.2) is 0 Å². The van der Waals surface area contributed by atoms with Gasteiger partial charge in [-0.3, -0.25) is 11.4 Å². The van der Waals surface area contributed by atoms with E-state index in [4.69, 9.17) is 0 Å². The molecule has 0 bridgehead atoms. The second-order valence-corrected chi connectivity index (χ2v) is 1.97. The molecule has 1 aliphatic heterocycles. The minimum Gasteiger partial charge on any atom is -0.521 e. The van der Waals surface area contributed by atoms with E-state index in [0.717, 1.165) is 13.1 Å². The van der Waals surface area contributed by atoms with Crippen LogP contribution in [-0.4, -0.2) is 26.0 Å². The van der Waals surface area contributed by atoms with E-state index >= 15 is 0 Å². The zero-order valence-corrected chi connectivity index (χ0v) is 11.3. The molecule has 0 aromatic carbocycles. The molecule has 4 heteroatoms. The van der Waals surface area contributed by atoms with Crippen molar-refractivity contribution < 1.29 is 56.2 Å². The van der Waals surface area contributed by atoms with Crippen molar-refractivity contribution >= 4 is 5.91 Å². The van der Waals surface area contributed by atoms with Gasteiger partial charge in [-0.2, -0.15) is 0 Å². The van der Waals surface area contributed by atoms with E-state index in [1.165, 1.54) is 0 Å². The van der Waals surface area contributed by atoms with Crippen molar-refractivity contribution in [3.63, 3.8) is 0 Å². The van der Waals surface area contributed by atoms with Gasteiger partial charge in [0.2, 0.25) is 5.91 Å². The van der Waals surface area contributed by atoms with Crippen molar-refractivity contribution in [1.29, 1.82) is 0 Å². The van der Waals surface area contributed by atoms with E-state index < -0.39 is 0 Å². The van der Waals surface area contributed by atoms with Crippen molar-refractivity contribution in [2.75, 3.05) is 20.1 Å². The van der Waals surface area contributed by atoms with Gasteiger partial charge in [0.25, 0.3) is 0 Å². The van der Waals surface area contributed by atoms with E-state index in [9.17, 15) is 4.79 Å². The van der Waals surface area contributed by atoms with Gasteiger partial charge in [0.1, 0.15) is 0 Å². The smallest absolute Gasteiger partial charge is 0.521 e. The molecule has 66 valence electrons.